The van der Waals surface area contributed by atoms with Crippen molar-refractivity contribution in [3.05, 3.63) is 33.9 Å². The van der Waals surface area contributed by atoms with Crippen molar-refractivity contribution in [3.8, 4) is 5.75 Å². The SMILES string of the molecule is COc1cc(C(=O)N(C)C(C)CBr)ccc1[N+](=O)[O-]. The second kappa shape index (κ2) is 6.51. The Balaban J connectivity index is 3.09. The van der Waals surface area contributed by atoms with E-state index >= 15 is 0 Å². The fourth-order valence-corrected chi connectivity index (χ4v) is 1.90. The maximum Gasteiger partial charge on any atom is 0.310 e. The van der Waals surface area contributed by atoms with Crippen LogP contribution in [0.5, 0.6) is 5.75 Å². The van der Waals surface area contributed by atoms with Gasteiger partial charge in [-0.2, -0.15) is 0 Å². The third kappa shape index (κ3) is 3.44. The van der Waals surface area contributed by atoms with E-state index in [-0.39, 0.29) is 23.4 Å². The highest BCUT2D eigenvalue weighted by Crippen LogP contribution is 2.28. The molecule has 1 aromatic rings. The molecule has 0 fully saturated rings. The van der Waals surface area contributed by atoms with Gasteiger partial charge in [-0.1, -0.05) is 15.9 Å². The number of carbonyl (C=O) groups excluding carboxylic acids is 1. The van der Waals surface area contributed by atoms with Gasteiger partial charge in [-0.05, 0) is 13.0 Å². The summed E-state index contributed by atoms with van der Waals surface area (Å²) in [7, 11) is 3.02. The lowest BCUT2D eigenvalue weighted by atomic mass is 10.1. The Bertz CT molecular complexity index is 493. The van der Waals surface area contributed by atoms with Crippen molar-refractivity contribution in [2.45, 2.75) is 13.0 Å². The van der Waals surface area contributed by atoms with Crippen LogP contribution in [0.4, 0.5) is 5.69 Å². The minimum atomic E-state index is -0.544. The summed E-state index contributed by atoms with van der Waals surface area (Å²) in [5.74, 6) is -0.129. The first-order valence-corrected chi connectivity index (χ1v) is 6.70. The van der Waals surface area contributed by atoms with Crippen molar-refractivity contribution in [1.82, 2.24) is 4.90 Å². The number of halogens is 1. The van der Waals surface area contributed by atoms with Gasteiger partial charge in [0, 0.05) is 36.1 Å². The van der Waals surface area contributed by atoms with Gasteiger partial charge in [0.1, 0.15) is 0 Å². The zero-order valence-corrected chi connectivity index (χ0v) is 12.5. The molecule has 7 heteroatoms. The van der Waals surface area contributed by atoms with Gasteiger partial charge in [0.25, 0.3) is 5.91 Å². The van der Waals surface area contributed by atoms with E-state index in [4.69, 9.17) is 4.74 Å². The number of hydrogen-bond acceptors (Lipinski definition) is 4. The molecule has 104 valence electrons. The number of ether oxygens (including phenoxy) is 1. The normalized spacial score (nSPS) is 11.8. The predicted octanol–water partition coefficient (Wildman–Crippen LogP) is 2.46. The van der Waals surface area contributed by atoms with Crippen LogP contribution in [-0.2, 0) is 0 Å². The molecular formula is C12H15BrN2O4. The second-order valence-electron chi connectivity index (χ2n) is 4.06. The Kier molecular flexibility index (Phi) is 5.29. The first kappa shape index (κ1) is 15.4. The molecule has 0 N–H and O–H groups in total. The lowest BCUT2D eigenvalue weighted by Gasteiger charge is -2.23. The van der Waals surface area contributed by atoms with Crippen LogP contribution < -0.4 is 4.74 Å². The third-order valence-corrected chi connectivity index (χ3v) is 3.77. The number of carbonyl (C=O) groups is 1. The molecule has 0 heterocycles. The van der Waals surface area contributed by atoms with E-state index in [2.05, 4.69) is 15.9 Å². The largest absolute Gasteiger partial charge is 0.490 e. The smallest absolute Gasteiger partial charge is 0.310 e. The molecule has 0 aromatic heterocycles. The van der Waals surface area contributed by atoms with Crippen molar-refractivity contribution in [2.24, 2.45) is 0 Å². The van der Waals surface area contributed by atoms with Crippen molar-refractivity contribution < 1.29 is 14.5 Å². The third-order valence-electron chi connectivity index (χ3n) is 2.83. The van der Waals surface area contributed by atoms with Crippen LogP contribution in [-0.4, -0.2) is 41.3 Å². The number of hydrogen-bond donors (Lipinski definition) is 0. The lowest BCUT2D eigenvalue weighted by Crippen LogP contribution is -2.36. The number of nitro benzene ring substituents is 1. The van der Waals surface area contributed by atoms with Crippen molar-refractivity contribution >= 4 is 27.5 Å². The zero-order valence-electron chi connectivity index (χ0n) is 10.9. The molecule has 19 heavy (non-hydrogen) atoms. The number of nitro groups is 1. The minimum absolute atomic E-state index is 0.0219. The summed E-state index contributed by atoms with van der Waals surface area (Å²) in [6.07, 6.45) is 0. The highest BCUT2D eigenvalue weighted by atomic mass is 79.9. The topological polar surface area (TPSA) is 72.7 Å². The molecule has 0 bridgehead atoms. The number of benzene rings is 1. The summed E-state index contributed by atoms with van der Waals surface area (Å²) >= 11 is 3.31. The van der Waals surface area contributed by atoms with Crippen LogP contribution in [0.25, 0.3) is 0 Å². The Morgan fingerprint density at radius 1 is 1.58 bits per heavy atom. The van der Waals surface area contributed by atoms with Crippen LogP contribution in [0.3, 0.4) is 0 Å². The lowest BCUT2D eigenvalue weighted by molar-refractivity contribution is -0.385. The summed E-state index contributed by atoms with van der Waals surface area (Å²) in [5, 5.41) is 11.4. The van der Waals surface area contributed by atoms with E-state index in [9.17, 15) is 14.9 Å². The predicted molar refractivity (Wildman–Crippen MR) is 75.0 cm³/mol. The summed E-state index contributed by atoms with van der Waals surface area (Å²) in [4.78, 5) is 24.0. The maximum atomic E-state index is 12.2. The molecule has 1 aromatic carbocycles. The van der Waals surface area contributed by atoms with E-state index in [1.165, 1.54) is 25.3 Å². The quantitative estimate of drug-likeness (QED) is 0.472. The average molecular weight is 331 g/mol. The number of amides is 1. The molecule has 1 rings (SSSR count). The Hall–Kier alpha value is -1.63. The molecule has 1 amide bonds. The van der Waals surface area contributed by atoms with Gasteiger partial charge in [-0.15, -0.1) is 0 Å². The number of methoxy groups -OCH3 is 1. The highest BCUT2D eigenvalue weighted by molar-refractivity contribution is 9.09. The van der Waals surface area contributed by atoms with Crippen LogP contribution >= 0.6 is 15.9 Å². The van der Waals surface area contributed by atoms with Gasteiger partial charge in [0.2, 0.25) is 0 Å². The van der Waals surface area contributed by atoms with Crippen molar-refractivity contribution in [1.29, 1.82) is 0 Å². The fourth-order valence-electron chi connectivity index (χ4n) is 1.47. The van der Waals surface area contributed by atoms with Gasteiger partial charge in [-0.3, -0.25) is 14.9 Å². The van der Waals surface area contributed by atoms with Crippen molar-refractivity contribution in [2.75, 3.05) is 19.5 Å². The average Bonchev–Trinajstić information content (AvgIpc) is 2.43. The van der Waals surface area contributed by atoms with Gasteiger partial charge < -0.3 is 9.64 Å². The van der Waals surface area contributed by atoms with Crippen LogP contribution in [0.1, 0.15) is 17.3 Å². The number of alkyl halides is 1. The van der Waals surface area contributed by atoms with Crippen LogP contribution in [0.15, 0.2) is 18.2 Å². The molecule has 0 spiro atoms. The van der Waals surface area contributed by atoms with E-state index in [1.54, 1.807) is 11.9 Å². The summed E-state index contributed by atoms with van der Waals surface area (Å²) in [6.45, 7) is 1.90. The van der Waals surface area contributed by atoms with Crippen LogP contribution in [0.2, 0.25) is 0 Å². The fraction of sp³-hybridized carbons (Fsp3) is 0.417. The van der Waals surface area contributed by atoms with Crippen LogP contribution in [0, 0.1) is 10.1 Å². The molecule has 1 atom stereocenters. The number of nitrogens with zero attached hydrogens (tertiary/aromatic N) is 2. The Morgan fingerprint density at radius 3 is 2.68 bits per heavy atom. The zero-order chi connectivity index (χ0) is 14.6. The molecular weight excluding hydrogens is 316 g/mol. The van der Waals surface area contributed by atoms with Gasteiger partial charge in [-0.25, -0.2) is 0 Å². The Labute approximate surface area is 119 Å². The second-order valence-corrected chi connectivity index (χ2v) is 4.71. The first-order valence-electron chi connectivity index (χ1n) is 5.58. The molecule has 0 aliphatic carbocycles. The summed E-state index contributed by atoms with van der Waals surface area (Å²) in [5.41, 5.74) is 0.202. The molecule has 0 saturated carbocycles. The monoisotopic (exact) mass is 330 g/mol. The van der Waals surface area contributed by atoms with Crippen molar-refractivity contribution in [3.63, 3.8) is 0 Å². The molecule has 0 radical (unpaired) electrons. The first-order chi connectivity index (χ1) is 8.92. The highest BCUT2D eigenvalue weighted by Gasteiger charge is 2.21. The summed E-state index contributed by atoms with van der Waals surface area (Å²) < 4.78 is 4.94. The van der Waals surface area contributed by atoms with Gasteiger partial charge >= 0.3 is 5.69 Å². The molecule has 0 saturated heterocycles. The van der Waals surface area contributed by atoms with E-state index in [0.29, 0.717) is 10.9 Å². The van der Waals surface area contributed by atoms with E-state index < -0.39 is 4.92 Å². The summed E-state index contributed by atoms with van der Waals surface area (Å²) in [6, 6.07) is 4.12. The standard InChI is InChI=1S/C12H15BrN2O4/c1-8(7-13)14(2)12(16)9-4-5-10(15(17)18)11(6-9)19-3/h4-6,8H,7H2,1-3H3. The Morgan fingerprint density at radius 2 is 2.21 bits per heavy atom. The van der Waals surface area contributed by atoms with Gasteiger partial charge in [0.15, 0.2) is 5.75 Å². The van der Waals surface area contributed by atoms with E-state index in [1.807, 2.05) is 6.92 Å². The molecule has 6 nitrogen and oxygen atoms in total. The number of rotatable bonds is 5. The molecule has 1 unspecified atom stereocenters. The van der Waals surface area contributed by atoms with Gasteiger partial charge in [0.05, 0.1) is 12.0 Å². The molecule has 0 aliphatic heterocycles. The van der Waals surface area contributed by atoms with E-state index in [0.717, 1.165) is 0 Å². The minimum Gasteiger partial charge on any atom is -0.490 e. The molecule has 0 aliphatic rings. The maximum absolute atomic E-state index is 12.2.